The van der Waals surface area contributed by atoms with Crippen molar-refractivity contribution < 1.29 is 18.3 Å². The Kier molecular flexibility index (Phi) is 3.41. The maximum atomic E-state index is 12.6. The van der Waals surface area contributed by atoms with E-state index in [0.29, 0.717) is 5.56 Å². The SMILES string of the molecule is OCc1cnn(-c2ncc(C(F)(F)F)cc2Cl)c1C1CC1. The lowest BCUT2D eigenvalue weighted by Crippen LogP contribution is -2.10. The van der Waals surface area contributed by atoms with E-state index in [1.54, 1.807) is 0 Å². The fourth-order valence-electron chi connectivity index (χ4n) is 2.22. The van der Waals surface area contributed by atoms with Crippen molar-refractivity contribution in [3.63, 3.8) is 0 Å². The summed E-state index contributed by atoms with van der Waals surface area (Å²) >= 11 is 5.93. The number of pyridine rings is 1. The third-order valence-corrected chi connectivity index (χ3v) is 3.65. The van der Waals surface area contributed by atoms with Crippen LogP contribution in [0, 0.1) is 0 Å². The van der Waals surface area contributed by atoms with Gasteiger partial charge in [0.2, 0.25) is 0 Å². The average Bonchev–Trinajstić information content (AvgIpc) is 3.17. The molecule has 4 nitrogen and oxygen atoms in total. The van der Waals surface area contributed by atoms with E-state index in [9.17, 15) is 18.3 Å². The van der Waals surface area contributed by atoms with E-state index in [-0.39, 0.29) is 23.4 Å². The fraction of sp³-hybridized carbons (Fsp3) is 0.385. The number of nitrogens with zero attached hydrogens (tertiary/aromatic N) is 3. The summed E-state index contributed by atoms with van der Waals surface area (Å²) in [6.45, 7) is -0.177. The highest BCUT2D eigenvalue weighted by Gasteiger charge is 2.34. The van der Waals surface area contributed by atoms with Crippen LogP contribution in [0.3, 0.4) is 0 Å². The van der Waals surface area contributed by atoms with E-state index >= 15 is 0 Å². The lowest BCUT2D eigenvalue weighted by atomic mass is 10.2. The zero-order chi connectivity index (χ0) is 15.2. The molecule has 1 N–H and O–H groups in total. The van der Waals surface area contributed by atoms with Crippen molar-refractivity contribution in [3.05, 3.63) is 40.3 Å². The third kappa shape index (κ3) is 2.63. The summed E-state index contributed by atoms with van der Waals surface area (Å²) in [6, 6.07) is 0.834. The molecule has 112 valence electrons. The highest BCUT2D eigenvalue weighted by atomic mass is 35.5. The molecule has 0 aromatic carbocycles. The molecule has 8 heteroatoms. The molecule has 2 heterocycles. The molecule has 2 aromatic heterocycles. The monoisotopic (exact) mass is 317 g/mol. The number of aromatic nitrogens is 3. The van der Waals surface area contributed by atoms with Gasteiger partial charge in [0.25, 0.3) is 0 Å². The van der Waals surface area contributed by atoms with E-state index in [1.807, 2.05) is 0 Å². The molecule has 1 saturated carbocycles. The Hall–Kier alpha value is -1.60. The number of rotatable bonds is 3. The molecule has 3 rings (SSSR count). The summed E-state index contributed by atoms with van der Waals surface area (Å²) in [5, 5.41) is 13.3. The van der Waals surface area contributed by atoms with Crippen molar-refractivity contribution in [3.8, 4) is 5.82 Å². The molecular weight excluding hydrogens is 307 g/mol. The number of aliphatic hydroxyl groups is 1. The Morgan fingerprint density at radius 3 is 2.57 bits per heavy atom. The predicted molar refractivity (Wildman–Crippen MR) is 69.3 cm³/mol. The number of hydrogen-bond acceptors (Lipinski definition) is 3. The summed E-state index contributed by atoms with van der Waals surface area (Å²) < 4.78 is 39.3. The Labute approximate surface area is 123 Å². The molecule has 0 spiro atoms. The van der Waals surface area contributed by atoms with Crippen molar-refractivity contribution in [1.29, 1.82) is 0 Å². The van der Waals surface area contributed by atoms with Crippen LogP contribution in [0.2, 0.25) is 5.02 Å². The molecule has 0 amide bonds. The summed E-state index contributed by atoms with van der Waals surface area (Å²) in [6.07, 6.45) is -0.357. The van der Waals surface area contributed by atoms with Gasteiger partial charge in [-0.05, 0) is 18.9 Å². The highest BCUT2D eigenvalue weighted by Crippen LogP contribution is 2.43. The fourth-order valence-corrected chi connectivity index (χ4v) is 2.46. The molecule has 0 atom stereocenters. The van der Waals surface area contributed by atoms with Crippen LogP contribution >= 0.6 is 11.6 Å². The number of halogens is 4. The van der Waals surface area contributed by atoms with Crippen molar-refractivity contribution in [2.75, 3.05) is 0 Å². The second kappa shape index (κ2) is 4.99. The lowest BCUT2D eigenvalue weighted by Gasteiger charge is -2.11. The Morgan fingerprint density at radius 1 is 1.33 bits per heavy atom. The first kappa shape index (κ1) is 14.3. The largest absolute Gasteiger partial charge is 0.417 e. The van der Waals surface area contributed by atoms with Gasteiger partial charge in [-0.2, -0.15) is 18.3 Å². The van der Waals surface area contributed by atoms with Crippen LogP contribution in [0.1, 0.15) is 35.6 Å². The molecule has 1 aliphatic rings. The maximum absolute atomic E-state index is 12.6. The minimum Gasteiger partial charge on any atom is -0.392 e. The molecular formula is C13H11ClF3N3O. The molecule has 1 fully saturated rings. The smallest absolute Gasteiger partial charge is 0.392 e. The van der Waals surface area contributed by atoms with Crippen molar-refractivity contribution >= 4 is 11.6 Å². The Balaban J connectivity index is 2.07. The van der Waals surface area contributed by atoms with Gasteiger partial charge in [-0.25, -0.2) is 9.67 Å². The van der Waals surface area contributed by atoms with Gasteiger partial charge in [0.15, 0.2) is 5.82 Å². The standard InChI is InChI=1S/C13H11ClF3N3O/c14-10-3-9(13(15,16)17)5-18-12(10)20-11(7-1-2-7)8(6-21)4-19-20/h3-5,7,21H,1-2,6H2. The van der Waals surface area contributed by atoms with Crippen LogP contribution in [-0.4, -0.2) is 19.9 Å². The number of aliphatic hydroxyl groups excluding tert-OH is 1. The van der Waals surface area contributed by atoms with Gasteiger partial charge in [-0.3, -0.25) is 0 Å². The highest BCUT2D eigenvalue weighted by molar-refractivity contribution is 6.32. The van der Waals surface area contributed by atoms with Gasteiger partial charge in [0.05, 0.1) is 29.1 Å². The maximum Gasteiger partial charge on any atom is 0.417 e. The molecule has 21 heavy (non-hydrogen) atoms. The molecule has 0 aliphatic heterocycles. The minimum atomic E-state index is -4.49. The molecule has 2 aromatic rings. The molecule has 1 aliphatic carbocycles. The van der Waals surface area contributed by atoms with Crippen LogP contribution in [0.25, 0.3) is 5.82 Å². The quantitative estimate of drug-likeness (QED) is 0.945. The third-order valence-electron chi connectivity index (χ3n) is 3.37. The van der Waals surface area contributed by atoms with E-state index in [0.717, 1.165) is 30.8 Å². The van der Waals surface area contributed by atoms with Gasteiger partial charge in [0.1, 0.15) is 0 Å². The normalized spacial score (nSPS) is 15.5. The molecule has 0 bridgehead atoms. The van der Waals surface area contributed by atoms with Crippen LogP contribution in [-0.2, 0) is 12.8 Å². The van der Waals surface area contributed by atoms with Gasteiger partial charge in [-0.1, -0.05) is 11.6 Å². The Bertz CT molecular complexity index is 680. The van der Waals surface area contributed by atoms with Crippen molar-refractivity contribution in [2.24, 2.45) is 0 Å². The first-order valence-corrected chi connectivity index (χ1v) is 6.70. The van der Waals surface area contributed by atoms with Gasteiger partial charge in [0, 0.05) is 17.7 Å². The van der Waals surface area contributed by atoms with Gasteiger partial charge in [-0.15, -0.1) is 0 Å². The second-order valence-corrected chi connectivity index (χ2v) is 5.33. The van der Waals surface area contributed by atoms with Crippen molar-refractivity contribution in [2.45, 2.75) is 31.5 Å². The van der Waals surface area contributed by atoms with Crippen molar-refractivity contribution in [1.82, 2.24) is 14.8 Å². The first-order valence-electron chi connectivity index (χ1n) is 6.32. The zero-order valence-electron chi connectivity index (χ0n) is 10.7. The predicted octanol–water partition coefficient (Wildman–Crippen LogP) is 3.31. The van der Waals surface area contributed by atoms with Crippen LogP contribution < -0.4 is 0 Å². The molecule has 0 radical (unpaired) electrons. The summed E-state index contributed by atoms with van der Waals surface area (Å²) in [5.41, 5.74) is 0.515. The summed E-state index contributed by atoms with van der Waals surface area (Å²) in [7, 11) is 0. The zero-order valence-corrected chi connectivity index (χ0v) is 11.5. The topological polar surface area (TPSA) is 50.9 Å². The average molecular weight is 318 g/mol. The summed E-state index contributed by atoms with van der Waals surface area (Å²) in [4.78, 5) is 3.80. The summed E-state index contributed by atoms with van der Waals surface area (Å²) in [5.74, 6) is 0.390. The molecule has 0 unspecified atom stereocenters. The minimum absolute atomic E-state index is 0.126. The Morgan fingerprint density at radius 2 is 2.05 bits per heavy atom. The van der Waals surface area contributed by atoms with E-state index in [4.69, 9.17) is 11.6 Å². The van der Waals surface area contributed by atoms with Crippen LogP contribution in [0.15, 0.2) is 18.5 Å². The van der Waals surface area contributed by atoms with Gasteiger partial charge < -0.3 is 5.11 Å². The van der Waals surface area contributed by atoms with Crippen LogP contribution in [0.5, 0.6) is 0 Å². The number of hydrogen-bond donors (Lipinski definition) is 1. The lowest BCUT2D eigenvalue weighted by molar-refractivity contribution is -0.137. The van der Waals surface area contributed by atoms with E-state index < -0.39 is 11.7 Å². The first-order chi connectivity index (χ1) is 9.91. The van der Waals surface area contributed by atoms with Gasteiger partial charge >= 0.3 is 6.18 Å². The van der Waals surface area contributed by atoms with E-state index in [1.165, 1.54) is 10.9 Å². The second-order valence-electron chi connectivity index (χ2n) is 4.93. The molecule has 0 saturated heterocycles. The van der Waals surface area contributed by atoms with Crippen LogP contribution in [0.4, 0.5) is 13.2 Å². The number of alkyl halides is 3. The van der Waals surface area contributed by atoms with E-state index in [2.05, 4.69) is 10.1 Å².